The zero-order valence-electron chi connectivity index (χ0n) is 12.4. The van der Waals surface area contributed by atoms with Gasteiger partial charge in [0.05, 0.1) is 5.92 Å². The largest absolute Gasteiger partial charge is 0.481 e. The molecular weight excluding hydrogens is 250 g/mol. The summed E-state index contributed by atoms with van der Waals surface area (Å²) in [6.07, 6.45) is 4.91. The third-order valence-electron chi connectivity index (χ3n) is 4.52. The summed E-state index contributed by atoms with van der Waals surface area (Å²) < 4.78 is 0. The van der Waals surface area contributed by atoms with Crippen LogP contribution in [0.15, 0.2) is 24.3 Å². The second kappa shape index (κ2) is 5.96. The number of hydrogen-bond acceptors (Lipinski definition) is 2. The molecule has 2 rings (SSSR count). The molecule has 1 aromatic rings. The van der Waals surface area contributed by atoms with Gasteiger partial charge in [0, 0.05) is 6.54 Å². The van der Waals surface area contributed by atoms with Crippen molar-refractivity contribution in [3.8, 4) is 0 Å². The minimum atomic E-state index is -0.839. The van der Waals surface area contributed by atoms with Gasteiger partial charge in [0.25, 0.3) is 0 Å². The third kappa shape index (κ3) is 3.40. The number of aliphatic carboxylic acids is 1. The third-order valence-corrected chi connectivity index (χ3v) is 4.52. The molecule has 2 unspecified atom stereocenters. The van der Waals surface area contributed by atoms with E-state index in [0.717, 1.165) is 5.56 Å². The molecule has 0 heterocycles. The minimum Gasteiger partial charge on any atom is -0.481 e. The molecule has 2 atom stereocenters. The SMILES string of the molecule is CC1(C)CCCC(c2cccc(C(CN)C(=O)O)c2)C1. The smallest absolute Gasteiger partial charge is 0.312 e. The topological polar surface area (TPSA) is 63.3 Å². The van der Waals surface area contributed by atoms with Gasteiger partial charge in [0.1, 0.15) is 0 Å². The van der Waals surface area contributed by atoms with E-state index >= 15 is 0 Å². The number of carboxylic acids is 1. The summed E-state index contributed by atoms with van der Waals surface area (Å²) in [7, 11) is 0. The lowest BCUT2D eigenvalue weighted by Gasteiger charge is -2.35. The number of rotatable bonds is 4. The van der Waals surface area contributed by atoms with Crippen molar-refractivity contribution >= 4 is 5.97 Å². The number of nitrogens with two attached hydrogens (primary N) is 1. The highest BCUT2D eigenvalue weighted by Gasteiger charge is 2.29. The van der Waals surface area contributed by atoms with E-state index in [-0.39, 0.29) is 6.54 Å². The van der Waals surface area contributed by atoms with Crippen LogP contribution in [0.4, 0.5) is 0 Å². The molecule has 1 aromatic carbocycles. The van der Waals surface area contributed by atoms with Gasteiger partial charge in [-0.15, -0.1) is 0 Å². The Labute approximate surface area is 121 Å². The van der Waals surface area contributed by atoms with Crippen molar-refractivity contribution in [2.24, 2.45) is 11.1 Å². The van der Waals surface area contributed by atoms with Crippen LogP contribution in [0.1, 0.15) is 62.5 Å². The molecule has 0 aromatic heterocycles. The highest BCUT2D eigenvalue weighted by Crippen LogP contribution is 2.43. The van der Waals surface area contributed by atoms with Crippen molar-refractivity contribution in [3.63, 3.8) is 0 Å². The first-order chi connectivity index (χ1) is 9.43. The van der Waals surface area contributed by atoms with E-state index in [4.69, 9.17) is 5.73 Å². The molecule has 1 aliphatic carbocycles. The first kappa shape index (κ1) is 15.0. The standard InChI is InChI=1S/C17H25NO2/c1-17(2)8-4-7-14(10-17)12-5-3-6-13(9-12)15(11-18)16(19)20/h3,5-6,9,14-15H,4,7-8,10-11,18H2,1-2H3,(H,19,20). The first-order valence-corrected chi connectivity index (χ1v) is 7.46. The molecule has 3 nitrogen and oxygen atoms in total. The Kier molecular flexibility index (Phi) is 4.48. The lowest BCUT2D eigenvalue weighted by atomic mass is 9.70. The fourth-order valence-corrected chi connectivity index (χ4v) is 3.39. The Morgan fingerprint density at radius 1 is 1.50 bits per heavy atom. The summed E-state index contributed by atoms with van der Waals surface area (Å²) in [5.74, 6) is -0.883. The average molecular weight is 275 g/mol. The lowest BCUT2D eigenvalue weighted by Crippen LogP contribution is -2.23. The van der Waals surface area contributed by atoms with Crippen LogP contribution in [0, 0.1) is 5.41 Å². The van der Waals surface area contributed by atoms with Crippen LogP contribution in [-0.4, -0.2) is 17.6 Å². The summed E-state index contributed by atoms with van der Waals surface area (Å²) in [4.78, 5) is 11.2. The van der Waals surface area contributed by atoms with Gasteiger partial charge in [0.2, 0.25) is 0 Å². The summed E-state index contributed by atoms with van der Waals surface area (Å²) in [5, 5.41) is 9.23. The van der Waals surface area contributed by atoms with Gasteiger partial charge >= 0.3 is 5.97 Å². The number of benzene rings is 1. The quantitative estimate of drug-likeness (QED) is 0.884. The van der Waals surface area contributed by atoms with Gasteiger partial charge in [-0.2, -0.15) is 0 Å². The van der Waals surface area contributed by atoms with Gasteiger partial charge in [-0.25, -0.2) is 0 Å². The van der Waals surface area contributed by atoms with Crippen LogP contribution in [0.2, 0.25) is 0 Å². The lowest BCUT2D eigenvalue weighted by molar-refractivity contribution is -0.138. The van der Waals surface area contributed by atoms with Crippen LogP contribution >= 0.6 is 0 Å². The maximum absolute atomic E-state index is 11.2. The highest BCUT2D eigenvalue weighted by atomic mass is 16.4. The fourth-order valence-electron chi connectivity index (χ4n) is 3.39. The molecule has 110 valence electrons. The Hall–Kier alpha value is -1.35. The predicted molar refractivity (Wildman–Crippen MR) is 80.9 cm³/mol. The monoisotopic (exact) mass is 275 g/mol. The Balaban J connectivity index is 2.23. The maximum Gasteiger partial charge on any atom is 0.312 e. The first-order valence-electron chi connectivity index (χ1n) is 7.46. The van der Waals surface area contributed by atoms with Gasteiger partial charge < -0.3 is 10.8 Å². The molecule has 3 N–H and O–H groups in total. The van der Waals surface area contributed by atoms with E-state index in [1.165, 1.54) is 31.2 Å². The van der Waals surface area contributed by atoms with E-state index in [1.807, 2.05) is 12.1 Å². The molecular formula is C17H25NO2. The van der Waals surface area contributed by atoms with Crippen LogP contribution in [0.25, 0.3) is 0 Å². The summed E-state index contributed by atoms with van der Waals surface area (Å²) in [6, 6.07) is 8.03. The van der Waals surface area contributed by atoms with Crippen molar-refractivity contribution in [2.45, 2.75) is 51.4 Å². The van der Waals surface area contributed by atoms with Crippen LogP contribution in [0.5, 0.6) is 0 Å². The van der Waals surface area contributed by atoms with Crippen molar-refractivity contribution in [2.75, 3.05) is 6.54 Å². The number of carbonyl (C=O) groups is 1. The number of hydrogen-bond donors (Lipinski definition) is 2. The maximum atomic E-state index is 11.2. The predicted octanol–water partition coefficient (Wildman–Crippen LogP) is 3.50. The summed E-state index contributed by atoms with van der Waals surface area (Å²) >= 11 is 0. The normalized spacial score (nSPS) is 23.2. The summed E-state index contributed by atoms with van der Waals surface area (Å²) in [5.41, 5.74) is 8.09. The highest BCUT2D eigenvalue weighted by molar-refractivity contribution is 5.76. The Morgan fingerprint density at radius 3 is 2.85 bits per heavy atom. The van der Waals surface area contributed by atoms with Crippen LogP contribution < -0.4 is 5.73 Å². The molecule has 3 heteroatoms. The van der Waals surface area contributed by atoms with Gasteiger partial charge in [-0.05, 0) is 41.7 Å². The Morgan fingerprint density at radius 2 is 2.25 bits per heavy atom. The fraction of sp³-hybridized carbons (Fsp3) is 0.588. The van der Waals surface area contributed by atoms with Gasteiger partial charge in [0.15, 0.2) is 0 Å². The van der Waals surface area contributed by atoms with Gasteiger partial charge in [-0.1, -0.05) is 44.5 Å². The van der Waals surface area contributed by atoms with Crippen molar-refractivity contribution in [1.82, 2.24) is 0 Å². The van der Waals surface area contributed by atoms with Gasteiger partial charge in [-0.3, -0.25) is 4.79 Å². The van der Waals surface area contributed by atoms with Crippen LogP contribution in [-0.2, 0) is 4.79 Å². The molecule has 0 aliphatic heterocycles. The molecule has 1 fully saturated rings. The Bertz CT molecular complexity index is 482. The van der Waals surface area contributed by atoms with Crippen molar-refractivity contribution in [3.05, 3.63) is 35.4 Å². The molecule has 0 bridgehead atoms. The zero-order chi connectivity index (χ0) is 14.8. The van der Waals surface area contributed by atoms with E-state index < -0.39 is 11.9 Å². The van der Waals surface area contributed by atoms with E-state index in [1.54, 1.807) is 0 Å². The molecule has 0 radical (unpaired) electrons. The van der Waals surface area contributed by atoms with Crippen LogP contribution in [0.3, 0.4) is 0 Å². The minimum absolute atomic E-state index is 0.148. The summed E-state index contributed by atoms with van der Waals surface area (Å²) in [6.45, 7) is 4.79. The zero-order valence-corrected chi connectivity index (χ0v) is 12.4. The van der Waals surface area contributed by atoms with E-state index in [0.29, 0.717) is 11.3 Å². The molecule has 20 heavy (non-hydrogen) atoms. The van der Waals surface area contributed by atoms with Crippen molar-refractivity contribution in [1.29, 1.82) is 0 Å². The molecule has 0 spiro atoms. The van der Waals surface area contributed by atoms with E-state index in [9.17, 15) is 9.90 Å². The molecule has 0 amide bonds. The van der Waals surface area contributed by atoms with Crippen molar-refractivity contribution < 1.29 is 9.90 Å². The van der Waals surface area contributed by atoms with E-state index in [2.05, 4.69) is 26.0 Å². The number of carboxylic acid groups (broad SMARTS) is 1. The average Bonchev–Trinajstić information content (AvgIpc) is 2.38. The second-order valence-electron chi connectivity index (χ2n) is 6.75. The molecule has 1 saturated carbocycles. The molecule has 0 saturated heterocycles. The second-order valence-corrected chi connectivity index (χ2v) is 6.75. The molecule has 1 aliphatic rings.